The molecule has 132 valence electrons. The number of rotatable bonds is 5. The number of halogens is 3. The van der Waals surface area contributed by atoms with E-state index < -0.39 is 12.0 Å². The minimum absolute atomic E-state index is 0.200. The van der Waals surface area contributed by atoms with Crippen molar-refractivity contribution in [1.82, 2.24) is 19.7 Å². The van der Waals surface area contributed by atoms with Crippen LogP contribution in [0.15, 0.2) is 30.3 Å². The van der Waals surface area contributed by atoms with Gasteiger partial charge >= 0.3 is 6.18 Å². The van der Waals surface area contributed by atoms with Crippen molar-refractivity contribution < 1.29 is 13.2 Å². The highest BCUT2D eigenvalue weighted by Crippen LogP contribution is 2.30. The summed E-state index contributed by atoms with van der Waals surface area (Å²) >= 11 is 0. The zero-order valence-corrected chi connectivity index (χ0v) is 13.9. The number of fused-ring (bicyclic) bond motifs is 1. The van der Waals surface area contributed by atoms with E-state index in [1.165, 1.54) is 0 Å². The van der Waals surface area contributed by atoms with Crippen LogP contribution in [-0.4, -0.2) is 26.3 Å². The monoisotopic (exact) mass is 349 g/mol. The van der Waals surface area contributed by atoms with Gasteiger partial charge in [0.2, 0.25) is 5.82 Å². The van der Waals surface area contributed by atoms with Crippen LogP contribution in [0.25, 0.3) is 10.9 Å². The number of benzene rings is 1. The molecule has 0 aliphatic heterocycles. The van der Waals surface area contributed by atoms with Crippen LogP contribution in [-0.2, 0) is 12.7 Å². The summed E-state index contributed by atoms with van der Waals surface area (Å²) in [6.45, 7) is 5.06. The normalized spacial score (nSPS) is 11.9. The molecule has 0 spiro atoms. The summed E-state index contributed by atoms with van der Waals surface area (Å²) in [4.78, 5) is 7.28. The maximum atomic E-state index is 13.0. The number of hydrogen-bond acceptors (Lipinski definition) is 4. The molecule has 0 unspecified atom stereocenters. The summed E-state index contributed by atoms with van der Waals surface area (Å²) in [5.74, 6) is -0.932. The Hall–Kier alpha value is -2.64. The molecule has 0 bridgehead atoms. The fraction of sp³-hybridized carbons (Fsp3) is 0.353. The molecule has 0 radical (unpaired) electrons. The maximum absolute atomic E-state index is 13.0. The standard InChI is InChI=1S/C17H18F3N5/c1-11-10-12(2)25(24-11)9-5-8-21-15-13-6-3-4-7-14(13)22-16(23-15)17(18,19)20/h3-4,6-7,10H,5,8-9H2,1-2H3,(H,21,22,23). The molecule has 0 aliphatic rings. The number of aromatic nitrogens is 4. The van der Waals surface area contributed by atoms with Crippen molar-refractivity contribution >= 4 is 16.7 Å². The lowest BCUT2D eigenvalue weighted by atomic mass is 10.2. The molecule has 0 saturated heterocycles. The maximum Gasteiger partial charge on any atom is 0.451 e. The van der Waals surface area contributed by atoms with Gasteiger partial charge in [0.25, 0.3) is 0 Å². The summed E-state index contributed by atoms with van der Waals surface area (Å²) in [6, 6.07) is 8.65. The van der Waals surface area contributed by atoms with Crippen LogP contribution in [0.4, 0.5) is 19.0 Å². The predicted octanol–water partition coefficient (Wildman–Crippen LogP) is 3.96. The SMILES string of the molecule is Cc1cc(C)n(CCCNc2nc(C(F)(F)F)nc3ccccc23)n1. The molecule has 3 rings (SSSR count). The van der Waals surface area contributed by atoms with E-state index in [1.807, 2.05) is 24.6 Å². The summed E-state index contributed by atoms with van der Waals surface area (Å²) in [5, 5.41) is 7.94. The van der Waals surface area contributed by atoms with E-state index >= 15 is 0 Å². The molecule has 8 heteroatoms. The highest BCUT2D eigenvalue weighted by Gasteiger charge is 2.35. The quantitative estimate of drug-likeness (QED) is 0.708. The van der Waals surface area contributed by atoms with Crippen molar-refractivity contribution in [2.45, 2.75) is 33.0 Å². The number of nitrogens with zero attached hydrogens (tertiary/aromatic N) is 4. The number of aryl methyl sites for hydroxylation is 3. The molecule has 1 N–H and O–H groups in total. The Bertz CT molecular complexity index is 886. The molecule has 0 saturated carbocycles. The van der Waals surface area contributed by atoms with Crippen LogP contribution < -0.4 is 5.32 Å². The number of alkyl halides is 3. The van der Waals surface area contributed by atoms with E-state index in [-0.39, 0.29) is 11.3 Å². The molecular formula is C17H18F3N5. The Morgan fingerprint density at radius 1 is 1.12 bits per heavy atom. The number of hydrogen-bond donors (Lipinski definition) is 1. The first-order valence-electron chi connectivity index (χ1n) is 7.93. The molecular weight excluding hydrogens is 331 g/mol. The molecule has 0 aliphatic carbocycles. The van der Waals surface area contributed by atoms with E-state index in [4.69, 9.17) is 0 Å². The average molecular weight is 349 g/mol. The first kappa shape index (κ1) is 17.2. The Morgan fingerprint density at radius 3 is 2.56 bits per heavy atom. The van der Waals surface area contributed by atoms with Gasteiger partial charge in [-0.25, -0.2) is 9.97 Å². The minimum Gasteiger partial charge on any atom is -0.369 e. The van der Waals surface area contributed by atoms with Crippen LogP contribution in [0.1, 0.15) is 23.6 Å². The first-order valence-corrected chi connectivity index (χ1v) is 7.93. The van der Waals surface area contributed by atoms with Crippen LogP contribution >= 0.6 is 0 Å². The molecule has 0 fully saturated rings. The molecule has 3 aromatic rings. The highest BCUT2D eigenvalue weighted by atomic mass is 19.4. The minimum atomic E-state index is -4.58. The summed E-state index contributed by atoms with van der Waals surface area (Å²) < 4.78 is 40.8. The zero-order valence-electron chi connectivity index (χ0n) is 13.9. The van der Waals surface area contributed by atoms with Gasteiger partial charge in [-0.2, -0.15) is 18.3 Å². The molecule has 25 heavy (non-hydrogen) atoms. The first-order chi connectivity index (χ1) is 11.8. The molecule has 2 heterocycles. The van der Waals surface area contributed by atoms with Crippen molar-refractivity contribution in [2.75, 3.05) is 11.9 Å². The van der Waals surface area contributed by atoms with Gasteiger partial charge in [-0.05, 0) is 38.5 Å². The van der Waals surface area contributed by atoms with Crippen molar-refractivity contribution in [1.29, 1.82) is 0 Å². The van der Waals surface area contributed by atoms with E-state index in [2.05, 4.69) is 20.4 Å². The molecule has 1 aromatic carbocycles. The third-order valence-electron chi connectivity index (χ3n) is 3.80. The largest absolute Gasteiger partial charge is 0.451 e. The lowest BCUT2D eigenvalue weighted by molar-refractivity contribution is -0.144. The van der Waals surface area contributed by atoms with Crippen LogP contribution in [0.5, 0.6) is 0 Å². The van der Waals surface area contributed by atoms with Crippen LogP contribution in [0, 0.1) is 13.8 Å². The van der Waals surface area contributed by atoms with E-state index in [9.17, 15) is 13.2 Å². The second kappa shape index (κ2) is 6.70. The Labute approximate surface area is 142 Å². The van der Waals surface area contributed by atoms with Crippen LogP contribution in [0.3, 0.4) is 0 Å². The second-order valence-electron chi connectivity index (χ2n) is 5.84. The van der Waals surface area contributed by atoms with Gasteiger partial charge in [0.1, 0.15) is 5.82 Å². The third kappa shape index (κ3) is 3.89. The van der Waals surface area contributed by atoms with E-state index in [1.54, 1.807) is 24.3 Å². The van der Waals surface area contributed by atoms with E-state index in [0.29, 0.717) is 24.9 Å². The third-order valence-corrected chi connectivity index (χ3v) is 3.80. The molecule has 5 nitrogen and oxygen atoms in total. The Morgan fingerprint density at radius 2 is 1.88 bits per heavy atom. The van der Waals surface area contributed by atoms with Gasteiger partial charge in [-0.3, -0.25) is 4.68 Å². The predicted molar refractivity (Wildman–Crippen MR) is 89.3 cm³/mol. The Balaban J connectivity index is 1.75. The fourth-order valence-electron chi connectivity index (χ4n) is 2.68. The van der Waals surface area contributed by atoms with Gasteiger partial charge in [0.15, 0.2) is 0 Å². The van der Waals surface area contributed by atoms with Crippen molar-refractivity contribution in [3.05, 3.63) is 47.5 Å². The smallest absolute Gasteiger partial charge is 0.369 e. The molecule has 0 amide bonds. The second-order valence-corrected chi connectivity index (χ2v) is 5.84. The lowest BCUT2D eigenvalue weighted by Gasteiger charge is -2.12. The topological polar surface area (TPSA) is 55.6 Å². The van der Waals surface area contributed by atoms with Gasteiger partial charge in [-0.1, -0.05) is 12.1 Å². The van der Waals surface area contributed by atoms with Gasteiger partial charge < -0.3 is 5.32 Å². The van der Waals surface area contributed by atoms with Gasteiger partial charge in [0, 0.05) is 24.2 Å². The lowest BCUT2D eigenvalue weighted by Crippen LogP contribution is -2.15. The van der Waals surface area contributed by atoms with Crippen molar-refractivity contribution in [3.63, 3.8) is 0 Å². The molecule has 0 atom stereocenters. The zero-order chi connectivity index (χ0) is 18.0. The fourth-order valence-corrected chi connectivity index (χ4v) is 2.68. The van der Waals surface area contributed by atoms with Gasteiger partial charge in [-0.15, -0.1) is 0 Å². The number of para-hydroxylation sites is 1. The summed E-state index contributed by atoms with van der Waals surface area (Å²) in [5.41, 5.74) is 2.28. The van der Waals surface area contributed by atoms with E-state index in [0.717, 1.165) is 11.4 Å². The molecule has 2 aromatic heterocycles. The number of anilines is 1. The van der Waals surface area contributed by atoms with Gasteiger partial charge in [0.05, 0.1) is 11.2 Å². The summed E-state index contributed by atoms with van der Waals surface area (Å²) in [7, 11) is 0. The average Bonchev–Trinajstić information content (AvgIpc) is 2.88. The highest BCUT2D eigenvalue weighted by molar-refractivity contribution is 5.89. The summed E-state index contributed by atoms with van der Waals surface area (Å²) in [6.07, 6.45) is -3.87. The number of nitrogens with one attached hydrogen (secondary N) is 1. The van der Waals surface area contributed by atoms with Crippen molar-refractivity contribution in [2.24, 2.45) is 0 Å². The Kier molecular flexibility index (Phi) is 4.61. The van der Waals surface area contributed by atoms with Crippen molar-refractivity contribution in [3.8, 4) is 0 Å². The van der Waals surface area contributed by atoms with Crippen LogP contribution in [0.2, 0.25) is 0 Å².